The highest BCUT2D eigenvalue weighted by Gasteiger charge is 2.09. The molecular weight excluding hydrogens is 420 g/mol. The van der Waals surface area contributed by atoms with Crippen LogP contribution in [0.2, 0.25) is 0 Å². The van der Waals surface area contributed by atoms with E-state index in [2.05, 4.69) is 42.3 Å². The molecule has 0 spiro atoms. The number of hydrogen-bond donors (Lipinski definition) is 1. The summed E-state index contributed by atoms with van der Waals surface area (Å²) in [6.45, 7) is 7.94. The zero-order valence-electron chi connectivity index (χ0n) is 19.1. The highest BCUT2D eigenvalue weighted by molar-refractivity contribution is 7.19. The third-order valence-corrected chi connectivity index (χ3v) is 6.10. The van der Waals surface area contributed by atoms with E-state index in [9.17, 15) is 4.79 Å². The lowest BCUT2D eigenvalue weighted by Crippen LogP contribution is -2.30. The Labute approximate surface area is 194 Å². The van der Waals surface area contributed by atoms with Gasteiger partial charge in [0, 0.05) is 34.0 Å². The lowest BCUT2D eigenvalue weighted by molar-refractivity contribution is -0.111. The van der Waals surface area contributed by atoms with Crippen LogP contribution in [-0.4, -0.2) is 44.2 Å². The summed E-state index contributed by atoms with van der Waals surface area (Å²) >= 11 is 1.66. The maximum atomic E-state index is 12.4. The smallest absolute Gasteiger partial charge is 0.248 e. The number of rotatable bonds is 12. The lowest BCUT2D eigenvalue weighted by atomic mass is 10.2. The van der Waals surface area contributed by atoms with Crippen molar-refractivity contribution in [3.8, 4) is 11.5 Å². The second-order valence-electron chi connectivity index (χ2n) is 7.56. The van der Waals surface area contributed by atoms with Gasteiger partial charge in [-0.2, -0.15) is 0 Å². The fraction of sp³-hybridized carbons (Fsp3) is 0.346. The molecule has 1 heterocycles. The van der Waals surface area contributed by atoms with Crippen molar-refractivity contribution in [2.24, 2.45) is 0 Å². The molecule has 3 rings (SSSR count). The molecular formula is C26H32N2O3S. The van der Waals surface area contributed by atoms with E-state index in [0.717, 1.165) is 37.4 Å². The standard InChI is InChI=1S/C26H32N2O3S/c1-4-14-28(15-5-2)16-17-31-24-19-21(10-12-23(24)30-3)27-26(29)13-11-22-18-20-8-6-7-9-25(20)32-22/h6-13,18-19H,4-5,14-17H2,1-3H3,(H,27,29). The maximum Gasteiger partial charge on any atom is 0.248 e. The molecule has 32 heavy (non-hydrogen) atoms. The summed E-state index contributed by atoms with van der Waals surface area (Å²) in [4.78, 5) is 15.9. The van der Waals surface area contributed by atoms with Crippen molar-refractivity contribution >= 4 is 39.1 Å². The average Bonchev–Trinajstić information content (AvgIpc) is 3.21. The molecule has 0 bridgehead atoms. The number of nitrogens with one attached hydrogen (secondary N) is 1. The van der Waals surface area contributed by atoms with Crippen LogP contribution in [0.3, 0.4) is 0 Å². The monoisotopic (exact) mass is 452 g/mol. The van der Waals surface area contributed by atoms with Crippen molar-refractivity contribution in [1.29, 1.82) is 0 Å². The van der Waals surface area contributed by atoms with Crippen LogP contribution in [0.15, 0.2) is 54.6 Å². The van der Waals surface area contributed by atoms with Gasteiger partial charge in [0.15, 0.2) is 11.5 Å². The van der Waals surface area contributed by atoms with Crippen LogP contribution in [0, 0.1) is 0 Å². The number of carbonyl (C=O) groups is 1. The van der Waals surface area contributed by atoms with Gasteiger partial charge >= 0.3 is 0 Å². The first-order chi connectivity index (χ1) is 15.6. The van der Waals surface area contributed by atoms with Gasteiger partial charge in [0.05, 0.1) is 7.11 Å². The number of benzene rings is 2. The van der Waals surface area contributed by atoms with Crippen molar-refractivity contribution in [2.75, 3.05) is 38.7 Å². The summed E-state index contributed by atoms with van der Waals surface area (Å²) in [6, 6.07) is 15.7. The Bertz CT molecular complexity index is 1010. The predicted molar refractivity (Wildman–Crippen MR) is 135 cm³/mol. The van der Waals surface area contributed by atoms with Gasteiger partial charge in [0.2, 0.25) is 5.91 Å². The van der Waals surface area contributed by atoms with E-state index in [1.165, 1.54) is 10.1 Å². The first-order valence-electron chi connectivity index (χ1n) is 11.1. The van der Waals surface area contributed by atoms with E-state index in [1.807, 2.05) is 36.4 Å². The van der Waals surface area contributed by atoms with Gasteiger partial charge in [-0.25, -0.2) is 0 Å². The fourth-order valence-corrected chi connectivity index (χ4v) is 4.51. The van der Waals surface area contributed by atoms with Gasteiger partial charge in [0.25, 0.3) is 0 Å². The Balaban J connectivity index is 1.60. The third kappa shape index (κ3) is 6.84. The molecule has 6 heteroatoms. The molecule has 0 fully saturated rings. The molecule has 0 aliphatic heterocycles. The summed E-state index contributed by atoms with van der Waals surface area (Å²) < 4.78 is 12.6. The Morgan fingerprint density at radius 2 is 1.81 bits per heavy atom. The number of thiophene rings is 1. The molecule has 0 saturated heterocycles. The van der Waals surface area contributed by atoms with Gasteiger partial charge < -0.3 is 14.8 Å². The van der Waals surface area contributed by atoms with Crippen LogP contribution >= 0.6 is 11.3 Å². The van der Waals surface area contributed by atoms with E-state index < -0.39 is 0 Å². The lowest BCUT2D eigenvalue weighted by Gasteiger charge is -2.21. The van der Waals surface area contributed by atoms with Crippen LogP contribution in [-0.2, 0) is 4.79 Å². The predicted octanol–water partition coefficient (Wildman–Crippen LogP) is 6.06. The quantitative estimate of drug-likeness (QED) is 0.339. The molecule has 2 aromatic carbocycles. The molecule has 0 saturated carbocycles. The third-order valence-electron chi connectivity index (χ3n) is 5.02. The van der Waals surface area contributed by atoms with E-state index in [0.29, 0.717) is 23.8 Å². The highest BCUT2D eigenvalue weighted by Crippen LogP contribution is 2.30. The van der Waals surface area contributed by atoms with Crippen molar-refractivity contribution in [3.05, 3.63) is 59.5 Å². The minimum Gasteiger partial charge on any atom is -0.493 e. The molecule has 0 radical (unpaired) electrons. The average molecular weight is 453 g/mol. The SMILES string of the molecule is CCCN(CCC)CCOc1cc(NC(=O)C=Cc2cc3ccccc3s2)ccc1OC. The molecule has 170 valence electrons. The highest BCUT2D eigenvalue weighted by atomic mass is 32.1. The van der Waals surface area contributed by atoms with Crippen LogP contribution in [0.4, 0.5) is 5.69 Å². The summed E-state index contributed by atoms with van der Waals surface area (Å²) in [5.41, 5.74) is 0.672. The van der Waals surface area contributed by atoms with Crippen LogP contribution in [0.5, 0.6) is 11.5 Å². The number of anilines is 1. The molecule has 5 nitrogen and oxygen atoms in total. The largest absolute Gasteiger partial charge is 0.493 e. The van der Waals surface area contributed by atoms with Crippen molar-refractivity contribution in [1.82, 2.24) is 4.90 Å². The number of fused-ring (bicyclic) bond motifs is 1. The van der Waals surface area contributed by atoms with Crippen molar-refractivity contribution < 1.29 is 14.3 Å². The van der Waals surface area contributed by atoms with E-state index in [4.69, 9.17) is 9.47 Å². The normalized spacial score (nSPS) is 11.4. The van der Waals surface area contributed by atoms with E-state index in [-0.39, 0.29) is 5.91 Å². The first kappa shape index (κ1) is 23.8. The van der Waals surface area contributed by atoms with Gasteiger partial charge in [-0.3, -0.25) is 9.69 Å². The van der Waals surface area contributed by atoms with Gasteiger partial charge in [-0.1, -0.05) is 32.0 Å². The van der Waals surface area contributed by atoms with Crippen LogP contribution in [0.1, 0.15) is 31.6 Å². The Hall–Kier alpha value is -2.83. The summed E-state index contributed by atoms with van der Waals surface area (Å²) in [6.07, 6.45) is 5.65. The zero-order chi connectivity index (χ0) is 22.8. The zero-order valence-corrected chi connectivity index (χ0v) is 19.9. The number of hydrogen-bond acceptors (Lipinski definition) is 5. The van der Waals surface area contributed by atoms with Crippen molar-refractivity contribution in [3.63, 3.8) is 0 Å². The Morgan fingerprint density at radius 1 is 1.03 bits per heavy atom. The second kappa shape index (κ2) is 12.3. The number of nitrogens with zero attached hydrogens (tertiary/aromatic N) is 1. The topological polar surface area (TPSA) is 50.8 Å². The summed E-state index contributed by atoms with van der Waals surface area (Å²) in [5.74, 6) is 1.10. The van der Waals surface area contributed by atoms with Crippen LogP contribution in [0.25, 0.3) is 16.2 Å². The molecule has 0 atom stereocenters. The minimum absolute atomic E-state index is 0.185. The van der Waals surface area contributed by atoms with E-state index >= 15 is 0 Å². The van der Waals surface area contributed by atoms with Crippen LogP contribution < -0.4 is 14.8 Å². The van der Waals surface area contributed by atoms with Gasteiger partial charge in [-0.05, 0) is 61.7 Å². The Kier molecular flexibility index (Phi) is 9.13. The molecule has 0 aliphatic carbocycles. The van der Waals surface area contributed by atoms with Gasteiger partial charge in [0.1, 0.15) is 6.61 Å². The molecule has 1 N–H and O–H groups in total. The van der Waals surface area contributed by atoms with Gasteiger partial charge in [-0.15, -0.1) is 11.3 Å². The second-order valence-corrected chi connectivity index (χ2v) is 8.68. The minimum atomic E-state index is -0.185. The van der Waals surface area contributed by atoms with Crippen molar-refractivity contribution in [2.45, 2.75) is 26.7 Å². The molecule has 0 aliphatic rings. The summed E-state index contributed by atoms with van der Waals surface area (Å²) in [5, 5.41) is 4.10. The first-order valence-corrected chi connectivity index (χ1v) is 12.0. The molecule has 3 aromatic rings. The maximum absolute atomic E-state index is 12.4. The molecule has 1 aromatic heterocycles. The number of carbonyl (C=O) groups excluding carboxylic acids is 1. The number of methoxy groups -OCH3 is 1. The number of amides is 1. The number of ether oxygens (including phenoxy) is 2. The Morgan fingerprint density at radius 3 is 2.53 bits per heavy atom. The molecule has 0 unspecified atom stereocenters. The van der Waals surface area contributed by atoms with E-state index in [1.54, 1.807) is 24.5 Å². The fourth-order valence-electron chi connectivity index (χ4n) is 3.55. The summed E-state index contributed by atoms with van der Waals surface area (Å²) in [7, 11) is 1.62. The molecule has 1 amide bonds.